The highest BCUT2D eigenvalue weighted by Crippen LogP contribution is 2.60. The monoisotopic (exact) mass is 1410 g/mol. The molecular formula is C105H122N2. The molecule has 0 amide bonds. The van der Waals surface area contributed by atoms with Crippen molar-refractivity contribution in [2.75, 3.05) is 9.80 Å². The van der Waals surface area contributed by atoms with Crippen LogP contribution in [0.4, 0.5) is 34.1 Å². The zero-order chi connectivity index (χ0) is 74.3. The van der Waals surface area contributed by atoms with Crippen molar-refractivity contribution in [3.63, 3.8) is 0 Å². The molecule has 0 fully saturated rings. The second-order valence-corrected chi connectivity index (χ2v) is 32.4. The number of aryl methyl sites for hydroxylation is 4. The lowest BCUT2D eigenvalue weighted by atomic mass is 9.70. The van der Waals surface area contributed by atoms with Crippen LogP contribution in [0.2, 0.25) is 0 Å². The minimum Gasteiger partial charge on any atom is -0.310 e. The molecule has 2 heteroatoms. The van der Waals surface area contributed by atoms with Crippen LogP contribution in [-0.2, 0) is 16.2 Å². The van der Waals surface area contributed by atoms with E-state index in [0.29, 0.717) is 0 Å². The Balaban J connectivity index is 0.000000189. The minimum absolute atomic E-state index is 0.0408. The van der Waals surface area contributed by atoms with Crippen LogP contribution < -0.4 is 9.80 Å². The Labute approximate surface area is 646 Å². The molecule has 0 N–H and O–H groups in total. The summed E-state index contributed by atoms with van der Waals surface area (Å²) in [7, 11) is 0. The van der Waals surface area contributed by atoms with Crippen molar-refractivity contribution in [2.24, 2.45) is 0 Å². The van der Waals surface area contributed by atoms with Gasteiger partial charge in [-0.1, -0.05) is 362 Å². The lowest BCUT2D eigenvalue weighted by Gasteiger charge is -2.35. The zero-order valence-corrected chi connectivity index (χ0v) is 66.9. The number of nitrogens with zero attached hydrogens (tertiary/aromatic N) is 2. The van der Waals surface area contributed by atoms with Gasteiger partial charge in [0.25, 0.3) is 0 Å². The van der Waals surface area contributed by atoms with E-state index in [-0.39, 0.29) is 16.2 Å². The van der Waals surface area contributed by atoms with E-state index in [9.17, 15) is 0 Å². The summed E-state index contributed by atoms with van der Waals surface area (Å²) in [6.07, 6.45) is 32.8. The topological polar surface area (TPSA) is 6.48 Å². The largest absolute Gasteiger partial charge is 0.310 e. The molecule has 0 saturated carbocycles. The van der Waals surface area contributed by atoms with Crippen LogP contribution in [0, 0.1) is 27.7 Å². The fraction of sp³-hybridized carbons (Fsp3) is 0.371. The van der Waals surface area contributed by atoms with E-state index in [2.05, 4.69) is 322 Å². The zero-order valence-electron chi connectivity index (χ0n) is 66.9. The minimum atomic E-state index is 0.0408. The summed E-state index contributed by atoms with van der Waals surface area (Å²) < 4.78 is 0. The molecule has 11 aromatic carbocycles. The van der Waals surface area contributed by atoms with Crippen molar-refractivity contribution >= 4 is 34.1 Å². The van der Waals surface area contributed by atoms with Gasteiger partial charge in [-0.3, -0.25) is 0 Å². The molecule has 107 heavy (non-hydrogen) atoms. The van der Waals surface area contributed by atoms with Crippen molar-refractivity contribution in [3.05, 3.63) is 298 Å². The third-order valence-electron chi connectivity index (χ3n) is 24.7. The lowest BCUT2D eigenvalue weighted by Crippen LogP contribution is -2.26. The number of fused-ring (bicyclic) bond motifs is 9. The first-order chi connectivity index (χ1) is 52.4. The molecule has 0 unspecified atom stereocenters. The summed E-state index contributed by atoms with van der Waals surface area (Å²) >= 11 is 0. The summed E-state index contributed by atoms with van der Waals surface area (Å²) in [5, 5.41) is 0. The first-order valence-electron chi connectivity index (χ1n) is 42.2. The van der Waals surface area contributed by atoms with Gasteiger partial charge in [-0.2, -0.15) is 0 Å². The molecule has 3 aliphatic carbocycles. The molecule has 11 aromatic rings. The second-order valence-electron chi connectivity index (χ2n) is 32.4. The maximum absolute atomic E-state index is 2.62. The molecule has 14 rings (SSSR count). The van der Waals surface area contributed by atoms with Gasteiger partial charge >= 0.3 is 0 Å². The number of rotatable bonds is 34. The van der Waals surface area contributed by atoms with Crippen LogP contribution in [0.25, 0.3) is 55.6 Å². The quantitative estimate of drug-likeness (QED) is 0.0371. The number of para-hydroxylation sites is 1. The highest BCUT2D eigenvalue weighted by molar-refractivity contribution is 5.90. The fourth-order valence-corrected chi connectivity index (χ4v) is 19.2. The first kappa shape index (κ1) is 76.2. The first-order valence-corrected chi connectivity index (χ1v) is 42.2. The van der Waals surface area contributed by atoms with Crippen LogP contribution in [-0.4, -0.2) is 0 Å². The summed E-state index contributed by atoms with van der Waals surface area (Å²) in [4.78, 5) is 5.05. The van der Waals surface area contributed by atoms with Gasteiger partial charge in [-0.15, -0.1) is 0 Å². The van der Waals surface area contributed by atoms with E-state index < -0.39 is 0 Å². The number of unbranched alkanes of at least 4 members (excludes halogenated alkanes) is 14. The van der Waals surface area contributed by atoms with Crippen LogP contribution in [0.15, 0.2) is 243 Å². The molecule has 0 spiro atoms. The van der Waals surface area contributed by atoms with Crippen LogP contribution in [0.3, 0.4) is 0 Å². The Morgan fingerprint density at radius 2 is 0.477 bits per heavy atom. The lowest BCUT2D eigenvalue weighted by molar-refractivity contribution is 0.401. The second kappa shape index (κ2) is 35.4. The Morgan fingerprint density at radius 3 is 0.850 bits per heavy atom. The summed E-state index contributed by atoms with van der Waals surface area (Å²) in [5.41, 5.74) is 35.8. The average molecular weight is 1410 g/mol. The van der Waals surface area contributed by atoms with E-state index >= 15 is 0 Å². The molecule has 0 saturated heterocycles. The Bertz CT molecular complexity index is 4490. The normalized spacial score (nSPS) is 13.6. The van der Waals surface area contributed by atoms with E-state index in [4.69, 9.17) is 0 Å². The molecule has 2 nitrogen and oxygen atoms in total. The molecule has 552 valence electrons. The van der Waals surface area contributed by atoms with Crippen molar-refractivity contribution in [2.45, 2.75) is 252 Å². The van der Waals surface area contributed by atoms with Crippen molar-refractivity contribution in [1.29, 1.82) is 0 Å². The predicted molar refractivity (Wildman–Crippen MR) is 465 cm³/mol. The molecule has 0 radical (unpaired) electrons. The van der Waals surface area contributed by atoms with Gasteiger partial charge < -0.3 is 9.80 Å². The predicted octanol–water partition coefficient (Wildman–Crippen LogP) is 31.9. The van der Waals surface area contributed by atoms with E-state index in [1.54, 1.807) is 27.8 Å². The molecule has 0 heterocycles. The maximum Gasteiger partial charge on any atom is 0.0465 e. The standard InChI is InChI=1S/C54H67N.C51H55N/c1-7-11-18-32-53(33-19-12-8-2)49-36-40(5)24-28-45(49)47-30-26-43(38-51(47)53)55(42-22-16-15-17-23-42)44-27-31-48-46-29-25-41(6)37-50(46)54(52(48)39-44,34-20-13-9-3)35-21-14-10-4;1-5-7-9-13-33-51(34-14-10-8-6-2)49-22-12-11-21-47(49)48-32-31-46(37-50(48)51)52(44-27-23-40(24-28-44)42-19-15-17-38(3)35-42)45-29-25-41(26-30-45)43-20-16-18-39(4)36-43/h15-17,22-31,36-39H,7-14,18-21,32-35H2,1-6H3;11-12,15-32,35-37H,5-10,13-14,33-34H2,1-4H3. The van der Waals surface area contributed by atoms with Crippen LogP contribution in [0.5, 0.6) is 0 Å². The third kappa shape index (κ3) is 16.1. The molecule has 3 aliphatic rings. The highest BCUT2D eigenvalue weighted by atomic mass is 15.1. The van der Waals surface area contributed by atoms with Crippen molar-refractivity contribution < 1.29 is 0 Å². The maximum atomic E-state index is 2.62. The Kier molecular flexibility index (Phi) is 25.2. The van der Waals surface area contributed by atoms with Gasteiger partial charge in [0.2, 0.25) is 0 Å². The van der Waals surface area contributed by atoms with Crippen LogP contribution in [0.1, 0.15) is 264 Å². The SMILES string of the molecule is CCCCCC1(CCCCC)c2cc(C)ccc2-c2ccc(N(c3ccccc3)c3ccc4c(c3)C(CCCCC)(CCCCC)c3cc(C)ccc3-4)cc21.CCCCCCC1(CCCCCC)c2ccccc2-c2ccc(N(c3ccc(-c4cccc(C)c4)cc3)c3ccc(-c4cccc(C)c4)cc3)cc21. The molecular weight excluding hydrogens is 1290 g/mol. The van der Waals surface area contributed by atoms with Gasteiger partial charge in [0.05, 0.1) is 0 Å². The van der Waals surface area contributed by atoms with Crippen molar-refractivity contribution in [3.8, 4) is 55.6 Å². The average Bonchev–Trinajstić information content (AvgIpc) is 1.58. The summed E-state index contributed by atoms with van der Waals surface area (Å²) in [6.45, 7) is 22.9. The van der Waals surface area contributed by atoms with Gasteiger partial charge in [0.1, 0.15) is 0 Å². The molecule has 0 bridgehead atoms. The number of anilines is 6. The van der Waals surface area contributed by atoms with Gasteiger partial charge in [-0.25, -0.2) is 0 Å². The number of hydrogen-bond donors (Lipinski definition) is 0. The third-order valence-corrected chi connectivity index (χ3v) is 24.7. The summed E-state index contributed by atoms with van der Waals surface area (Å²) in [6, 6.07) is 93.5. The Hall–Kier alpha value is -8.98. The Morgan fingerprint density at radius 1 is 0.196 bits per heavy atom. The summed E-state index contributed by atoms with van der Waals surface area (Å²) in [5.74, 6) is 0. The molecule has 0 aromatic heterocycles. The van der Waals surface area contributed by atoms with E-state index in [1.165, 1.54) is 285 Å². The van der Waals surface area contributed by atoms with E-state index in [0.717, 1.165) is 0 Å². The van der Waals surface area contributed by atoms with Crippen LogP contribution >= 0.6 is 0 Å². The fourth-order valence-electron chi connectivity index (χ4n) is 19.2. The smallest absolute Gasteiger partial charge is 0.0465 e. The van der Waals surface area contributed by atoms with E-state index in [1.807, 2.05) is 0 Å². The van der Waals surface area contributed by atoms with Gasteiger partial charge in [0.15, 0.2) is 0 Å². The highest BCUT2D eigenvalue weighted by Gasteiger charge is 2.46. The van der Waals surface area contributed by atoms with Gasteiger partial charge in [0, 0.05) is 50.4 Å². The molecule has 0 atom stereocenters. The van der Waals surface area contributed by atoms with Crippen molar-refractivity contribution in [1.82, 2.24) is 0 Å². The number of hydrogen-bond acceptors (Lipinski definition) is 2. The number of benzene rings is 11. The molecule has 0 aliphatic heterocycles. The van der Waals surface area contributed by atoms with Gasteiger partial charge in [-0.05, 0) is 228 Å².